The summed E-state index contributed by atoms with van der Waals surface area (Å²) in [7, 11) is 0. The number of hydrogen-bond donors (Lipinski definition) is 1. The Morgan fingerprint density at radius 3 is 1.77 bits per heavy atom. The second kappa shape index (κ2) is 4.45. The van der Waals surface area contributed by atoms with Gasteiger partial charge in [0.05, 0.1) is 0 Å². The van der Waals surface area contributed by atoms with E-state index in [4.69, 9.17) is 5.73 Å². The fraction of sp³-hybridized carbons (Fsp3) is 1.00. The normalized spacial score (nSPS) is 15.9. The zero-order valence-electron chi connectivity index (χ0n) is 10.3. The molecule has 1 heteroatoms. The van der Waals surface area contributed by atoms with E-state index in [9.17, 15) is 0 Å². The van der Waals surface area contributed by atoms with Crippen LogP contribution in [0.15, 0.2) is 0 Å². The Morgan fingerprint density at radius 2 is 1.46 bits per heavy atom. The van der Waals surface area contributed by atoms with Crippen LogP contribution in [-0.4, -0.2) is 6.04 Å². The lowest BCUT2D eigenvalue weighted by Crippen LogP contribution is -2.31. The van der Waals surface area contributed by atoms with Gasteiger partial charge in [0.15, 0.2) is 0 Å². The highest BCUT2D eigenvalue weighted by atomic mass is 14.6. The van der Waals surface area contributed by atoms with Crippen molar-refractivity contribution in [3.05, 3.63) is 0 Å². The minimum absolute atomic E-state index is 0.356. The fourth-order valence-electron chi connectivity index (χ4n) is 1.71. The second-order valence-electron chi connectivity index (χ2n) is 6.25. The number of rotatable bonds is 4. The predicted molar refractivity (Wildman–Crippen MR) is 60.7 cm³/mol. The molecule has 0 rings (SSSR count). The van der Waals surface area contributed by atoms with Crippen molar-refractivity contribution in [2.24, 2.45) is 16.6 Å². The van der Waals surface area contributed by atoms with E-state index in [1.165, 1.54) is 6.42 Å². The maximum absolute atomic E-state index is 6.12. The van der Waals surface area contributed by atoms with Gasteiger partial charge in [0, 0.05) is 6.04 Å². The number of hydrogen-bond acceptors (Lipinski definition) is 1. The van der Waals surface area contributed by atoms with Gasteiger partial charge in [-0.05, 0) is 23.7 Å². The molecule has 0 bridgehead atoms. The molecule has 0 saturated heterocycles. The summed E-state index contributed by atoms with van der Waals surface area (Å²) in [5.41, 5.74) is 6.89. The van der Waals surface area contributed by atoms with Gasteiger partial charge < -0.3 is 5.73 Å². The molecule has 0 spiro atoms. The Morgan fingerprint density at radius 1 is 1.00 bits per heavy atom. The third-order valence-electron chi connectivity index (χ3n) is 2.65. The molecule has 0 heterocycles. The van der Waals surface area contributed by atoms with E-state index in [1.54, 1.807) is 0 Å². The second-order valence-corrected chi connectivity index (χ2v) is 6.25. The van der Waals surface area contributed by atoms with Gasteiger partial charge in [0.25, 0.3) is 0 Å². The van der Waals surface area contributed by atoms with Crippen molar-refractivity contribution in [3.8, 4) is 0 Å². The van der Waals surface area contributed by atoms with Crippen molar-refractivity contribution in [1.29, 1.82) is 0 Å². The van der Waals surface area contributed by atoms with Gasteiger partial charge in [-0.3, -0.25) is 0 Å². The quantitative estimate of drug-likeness (QED) is 0.712. The fourth-order valence-corrected chi connectivity index (χ4v) is 1.71. The lowest BCUT2D eigenvalue weighted by molar-refractivity contribution is 0.247. The molecule has 0 aromatic carbocycles. The van der Waals surface area contributed by atoms with Gasteiger partial charge in [-0.15, -0.1) is 0 Å². The average molecular weight is 185 g/mol. The molecule has 0 aliphatic rings. The summed E-state index contributed by atoms with van der Waals surface area (Å²) in [6.45, 7) is 13.6. The Balaban J connectivity index is 3.94. The summed E-state index contributed by atoms with van der Waals surface area (Å²) < 4.78 is 0. The van der Waals surface area contributed by atoms with E-state index >= 15 is 0 Å². The molecule has 1 unspecified atom stereocenters. The smallest absolute Gasteiger partial charge is 0.00488 e. The molecule has 80 valence electrons. The predicted octanol–water partition coefficient (Wildman–Crippen LogP) is 3.58. The van der Waals surface area contributed by atoms with Crippen molar-refractivity contribution in [2.75, 3.05) is 0 Å². The topological polar surface area (TPSA) is 26.0 Å². The minimum atomic E-state index is 0.356. The molecule has 0 radical (unpaired) electrons. The molecule has 0 aliphatic carbocycles. The maximum Gasteiger partial charge on any atom is 0.00488 e. The molecular formula is C12H27N. The minimum Gasteiger partial charge on any atom is -0.328 e. The van der Waals surface area contributed by atoms with E-state index in [-0.39, 0.29) is 0 Å². The highest BCUT2D eigenvalue weighted by molar-refractivity contribution is 4.78. The van der Waals surface area contributed by atoms with E-state index in [0.717, 1.165) is 12.8 Å². The molecule has 0 aromatic heterocycles. The molecule has 0 aliphatic heterocycles. The van der Waals surface area contributed by atoms with Crippen LogP contribution in [0.5, 0.6) is 0 Å². The Bertz CT molecular complexity index is 142. The molecule has 0 fully saturated rings. The summed E-state index contributed by atoms with van der Waals surface area (Å²) >= 11 is 0. The third kappa shape index (κ3) is 7.06. The van der Waals surface area contributed by atoms with Crippen LogP contribution < -0.4 is 5.73 Å². The first kappa shape index (κ1) is 13.0. The van der Waals surface area contributed by atoms with Gasteiger partial charge in [-0.1, -0.05) is 48.0 Å². The van der Waals surface area contributed by atoms with Crippen LogP contribution in [0.3, 0.4) is 0 Å². The van der Waals surface area contributed by atoms with E-state index in [0.29, 0.717) is 16.9 Å². The van der Waals surface area contributed by atoms with Gasteiger partial charge in [-0.25, -0.2) is 0 Å². The number of nitrogens with two attached hydrogens (primary N) is 1. The average Bonchev–Trinajstić information content (AvgIpc) is 1.81. The zero-order valence-corrected chi connectivity index (χ0v) is 10.3. The zero-order chi connectivity index (χ0) is 10.7. The van der Waals surface area contributed by atoms with Crippen LogP contribution >= 0.6 is 0 Å². The molecule has 1 atom stereocenters. The standard InChI is InChI=1S/C12H27N/c1-7-12(5,6)9-10(13)8-11(2,3)4/h10H,7-9,13H2,1-6H3. The van der Waals surface area contributed by atoms with Crippen molar-refractivity contribution in [2.45, 2.75) is 66.8 Å². The molecule has 13 heavy (non-hydrogen) atoms. The Hall–Kier alpha value is -0.0400. The van der Waals surface area contributed by atoms with Crippen LogP contribution in [0.1, 0.15) is 60.8 Å². The summed E-state index contributed by atoms with van der Waals surface area (Å²) in [6.07, 6.45) is 3.47. The van der Waals surface area contributed by atoms with E-state index < -0.39 is 0 Å². The Kier molecular flexibility index (Phi) is 4.44. The van der Waals surface area contributed by atoms with Gasteiger partial charge in [0.1, 0.15) is 0 Å². The first-order chi connectivity index (χ1) is 5.66. The van der Waals surface area contributed by atoms with Crippen molar-refractivity contribution >= 4 is 0 Å². The molecule has 1 nitrogen and oxygen atoms in total. The van der Waals surface area contributed by atoms with Gasteiger partial charge in [-0.2, -0.15) is 0 Å². The van der Waals surface area contributed by atoms with Crippen molar-refractivity contribution < 1.29 is 0 Å². The first-order valence-electron chi connectivity index (χ1n) is 5.42. The monoisotopic (exact) mass is 185 g/mol. The van der Waals surface area contributed by atoms with Gasteiger partial charge in [0.2, 0.25) is 0 Å². The van der Waals surface area contributed by atoms with Crippen LogP contribution in [-0.2, 0) is 0 Å². The largest absolute Gasteiger partial charge is 0.328 e. The van der Waals surface area contributed by atoms with E-state index in [2.05, 4.69) is 41.5 Å². The molecule has 2 N–H and O–H groups in total. The SMILES string of the molecule is CCC(C)(C)CC(N)CC(C)(C)C. The van der Waals surface area contributed by atoms with Crippen LogP contribution in [0, 0.1) is 10.8 Å². The summed E-state index contributed by atoms with van der Waals surface area (Å²) in [5.74, 6) is 0. The first-order valence-corrected chi connectivity index (χ1v) is 5.42. The highest BCUT2D eigenvalue weighted by Crippen LogP contribution is 2.30. The summed E-state index contributed by atoms with van der Waals surface area (Å²) in [6, 6.07) is 0.356. The summed E-state index contributed by atoms with van der Waals surface area (Å²) in [4.78, 5) is 0. The molecule has 0 amide bonds. The third-order valence-corrected chi connectivity index (χ3v) is 2.65. The van der Waals surface area contributed by atoms with Gasteiger partial charge >= 0.3 is 0 Å². The van der Waals surface area contributed by atoms with Crippen LogP contribution in [0.4, 0.5) is 0 Å². The van der Waals surface area contributed by atoms with E-state index in [1.807, 2.05) is 0 Å². The maximum atomic E-state index is 6.12. The van der Waals surface area contributed by atoms with Crippen molar-refractivity contribution in [1.82, 2.24) is 0 Å². The molecular weight excluding hydrogens is 158 g/mol. The Labute approximate surface area is 84.1 Å². The van der Waals surface area contributed by atoms with Crippen LogP contribution in [0.2, 0.25) is 0 Å². The lowest BCUT2D eigenvalue weighted by Gasteiger charge is -2.30. The van der Waals surface area contributed by atoms with Crippen LogP contribution in [0.25, 0.3) is 0 Å². The molecule has 0 aromatic rings. The highest BCUT2D eigenvalue weighted by Gasteiger charge is 2.22. The molecule has 0 saturated carbocycles. The lowest BCUT2D eigenvalue weighted by atomic mass is 9.78. The van der Waals surface area contributed by atoms with Crippen molar-refractivity contribution in [3.63, 3.8) is 0 Å². The summed E-state index contributed by atoms with van der Waals surface area (Å²) in [5, 5.41) is 0.